The fourth-order valence-electron chi connectivity index (χ4n) is 2.40. The zero-order valence-electron chi connectivity index (χ0n) is 12.7. The van der Waals surface area contributed by atoms with Gasteiger partial charge in [-0.15, -0.1) is 22.7 Å². The van der Waals surface area contributed by atoms with Crippen LogP contribution in [0.2, 0.25) is 0 Å². The molecule has 2 nitrogen and oxygen atoms in total. The van der Waals surface area contributed by atoms with E-state index in [9.17, 15) is 0 Å². The first-order valence-electron chi connectivity index (χ1n) is 7.06. The molecule has 4 heteroatoms. The zero-order valence-corrected chi connectivity index (χ0v) is 14.4. The van der Waals surface area contributed by atoms with Crippen LogP contribution in [-0.4, -0.2) is 31.6 Å². The molecule has 1 N–H and O–H groups in total. The normalized spacial score (nSPS) is 13.3. The minimum atomic E-state index is 0.590. The van der Waals surface area contributed by atoms with Crippen molar-refractivity contribution in [1.29, 1.82) is 0 Å². The first kappa shape index (κ1) is 15.7. The van der Waals surface area contributed by atoms with Crippen LogP contribution in [0.5, 0.6) is 0 Å². The fraction of sp³-hybridized carbons (Fsp3) is 0.500. The number of nitrogens with one attached hydrogen (secondary N) is 1. The van der Waals surface area contributed by atoms with Gasteiger partial charge in [-0.2, -0.15) is 0 Å². The second-order valence-corrected chi connectivity index (χ2v) is 7.63. The smallest absolute Gasteiger partial charge is 0.0351 e. The Kier molecular flexibility index (Phi) is 5.78. The average Bonchev–Trinajstić information content (AvgIpc) is 3.03. The fourth-order valence-corrected chi connectivity index (χ4v) is 4.05. The van der Waals surface area contributed by atoms with E-state index in [2.05, 4.69) is 67.1 Å². The molecule has 2 rings (SSSR count). The molecule has 110 valence electrons. The third-order valence-corrected chi connectivity index (χ3v) is 5.40. The Labute approximate surface area is 130 Å². The highest BCUT2D eigenvalue weighted by Crippen LogP contribution is 2.29. The number of rotatable bonds is 7. The van der Waals surface area contributed by atoms with Crippen molar-refractivity contribution in [1.82, 2.24) is 10.2 Å². The molecule has 2 aromatic rings. The van der Waals surface area contributed by atoms with Gasteiger partial charge in [-0.1, -0.05) is 19.9 Å². The van der Waals surface area contributed by atoms with Crippen LogP contribution in [0.3, 0.4) is 0 Å². The summed E-state index contributed by atoms with van der Waals surface area (Å²) in [6.07, 6.45) is 0. The molecule has 0 radical (unpaired) electrons. The van der Waals surface area contributed by atoms with Crippen molar-refractivity contribution >= 4 is 22.7 Å². The Bertz CT molecular complexity index is 492. The van der Waals surface area contributed by atoms with E-state index in [4.69, 9.17) is 0 Å². The number of nitrogens with zero attached hydrogens (tertiary/aromatic N) is 1. The minimum Gasteiger partial charge on any atom is -0.310 e. The molecule has 0 aliphatic carbocycles. The maximum Gasteiger partial charge on any atom is 0.0351 e. The van der Waals surface area contributed by atoms with Gasteiger partial charge in [0.2, 0.25) is 0 Å². The SMILES string of the molecule is CC(C)C(CNCc1cc(-c2cccs2)cs1)N(C)C. The molecule has 2 heterocycles. The molecule has 20 heavy (non-hydrogen) atoms. The van der Waals surface area contributed by atoms with E-state index in [1.54, 1.807) is 11.3 Å². The molecule has 2 aromatic heterocycles. The summed E-state index contributed by atoms with van der Waals surface area (Å²) < 4.78 is 0. The van der Waals surface area contributed by atoms with Crippen molar-refractivity contribution in [3.63, 3.8) is 0 Å². The highest BCUT2D eigenvalue weighted by Gasteiger charge is 2.15. The molecule has 0 spiro atoms. The van der Waals surface area contributed by atoms with Gasteiger partial charge in [-0.05, 0) is 42.9 Å². The van der Waals surface area contributed by atoms with Crippen molar-refractivity contribution in [3.8, 4) is 10.4 Å². The Morgan fingerprint density at radius 1 is 1.25 bits per heavy atom. The van der Waals surface area contributed by atoms with Gasteiger partial charge < -0.3 is 10.2 Å². The maximum absolute atomic E-state index is 3.60. The van der Waals surface area contributed by atoms with Gasteiger partial charge in [-0.25, -0.2) is 0 Å². The van der Waals surface area contributed by atoms with Crippen LogP contribution >= 0.6 is 22.7 Å². The summed E-state index contributed by atoms with van der Waals surface area (Å²) in [7, 11) is 4.32. The summed E-state index contributed by atoms with van der Waals surface area (Å²) in [5, 5.41) is 7.99. The monoisotopic (exact) mass is 308 g/mol. The van der Waals surface area contributed by atoms with Crippen LogP contribution in [0.4, 0.5) is 0 Å². The minimum absolute atomic E-state index is 0.590. The summed E-state index contributed by atoms with van der Waals surface area (Å²) in [6.45, 7) is 6.57. The number of thiophene rings is 2. The topological polar surface area (TPSA) is 15.3 Å². The van der Waals surface area contributed by atoms with Gasteiger partial charge >= 0.3 is 0 Å². The Morgan fingerprint density at radius 3 is 2.65 bits per heavy atom. The van der Waals surface area contributed by atoms with Crippen molar-refractivity contribution in [3.05, 3.63) is 33.8 Å². The third-order valence-electron chi connectivity index (χ3n) is 3.54. The van der Waals surface area contributed by atoms with Crippen LogP contribution in [0, 0.1) is 5.92 Å². The average molecular weight is 309 g/mol. The van der Waals surface area contributed by atoms with E-state index in [0.717, 1.165) is 13.1 Å². The summed E-state index contributed by atoms with van der Waals surface area (Å²) in [5.74, 6) is 0.669. The number of hydrogen-bond donors (Lipinski definition) is 1. The molecule has 0 aliphatic rings. The van der Waals surface area contributed by atoms with Crippen LogP contribution in [0.25, 0.3) is 10.4 Å². The molecule has 0 saturated carbocycles. The zero-order chi connectivity index (χ0) is 14.5. The summed E-state index contributed by atoms with van der Waals surface area (Å²) in [5.41, 5.74) is 1.36. The van der Waals surface area contributed by atoms with Crippen molar-refractivity contribution < 1.29 is 0 Å². The van der Waals surface area contributed by atoms with Crippen molar-refractivity contribution in [2.75, 3.05) is 20.6 Å². The number of likely N-dealkylation sites (N-methyl/N-ethyl adjacent to an activating group) is 1. The van der Waals surface area contributed by atoms with Gasteiger partial charge in [-0.3, -0.25) is 0 Å². The predicted octanol–water partition coefficient (Wildman–Crippen LogP) is 4.15. The summed E-state index contributed by atoms with van der Waals surface area (Å²) in [6, 6.07) is 7.19. The Balaban J connectivity index is 1.86. The van der Waals surface area contributed by atoms with Crippen LogP contribution in [0.1, 0.15) is 18.7 Å². The second kappa shape index (κ2) is 7.36. The first-order valence-corrected chi connectivity index (χ1v) is 8.82. The lowest BCUT2D eigenvalue weighted by Crippen LogP contribution is -2.41. The largest absolute Gasteiger partial charge is 0.310 e. The molecule has 0 bridgehead atoms. The number of hydrogen-bond acceptors (Lipinski definition) is 4. The van der Waals surface area contributed by atoms with Gasteiger partial charge in [0.15, 0.2) is 0 Å². The van der Waals surface area contributed by atoms with Gasteiger partial charge in [0.1, 0.15) is 0 Å². The van der Waals surface area contributed by atoms with Crippen molar-refractivity contribution in [2.24, 2.45) is 5.92 Å². The van der Waals surface area contributed by atoms with E-state index in [-0.39, 0.29) is 0 Å². The van der Waals surface area contributed by atoms with Crippen LogP contribution in [0.15, 0.2) is 29.0 Å². The molecule has 1 atom stereocenters. The molecule has 0 amide bonds. The maximum atomic E-state index is 3.60. The molecule has 0 aliphatic heterocycles. The predicted molar refractivity (Wildman–Crippen MR) is 91.7 cm³/mol. The molecule has 0 aromatic carbocycles. The van der Waals surface area contributed by atoms with E-state index in [1.807, 2.05) is 11.3 Å². The van der Waals surface area contributed by atoms with E-state index in [0.29, 0.717) is 12.0 Å². The molecule has 1 unspecified atom stereocenters. The van der Waals surface area contributed by atoms with Crippen LogP contribution < -0.4 is 5.32 Å². The summed E-state index contributed by atoms with van der Waals surface area (Å²) in [4.78, 5) is 5.08. The van der Waals surface area contributed by atoms with Crippen molar-refractivity contribution in [2.45, 2.75) is 26.4 Å². The lowest BCUT2D eigenvalue weighted by atomic mass is 10.0. The summed E-state index contributed by atoms with van der Waals surface area (Å²) >= 11 is 3.65. The van der Waals surface area contributed by atoms with Gasteiger partial charge in [0.05, 0.1) is 0 Å². The van der Waals surface area contributed by atoms with Gasteiger partial charge in [0.25, 0.3) is 0 Å². The lowest BCUT2D eigenvalue weighted by molar-refractivity contribution is 0.224. The van der Waals surface area contributed by atoms with E-state index < -0.39 is 0 Å². The highest BCUT2D eigenvalue weighted by atomic mass is 32.1. The third kappa shape index (κ3) is 4.16. The molecular formula is C16H24N2S2. The molecule has 0 fully saturated rings. The Morgan fingerprint density at radius 2 is 2.05 bits per heavy atom. The van der Waals surface area contributed by atoms with E-state index in [1.165, 1.54) is 15.3 Å². The molecule has 0 saturated heterocycles. The molecular weight excluding hydrogens is 284 g/mol. The highest BCUT2D eigenvalue weighted by molar-refractivity contribution is 7.14. The van der Waals surface area contributed by atoms with Gasteiger partial charge in [0, 0.05) is 34.4 Å². The first-order chi connectivity index (χ1) is 9.58. The lowest BCUT2D eigenvalue weighted by Gasteiger charge is -2.28. The van der Waals surface area contributed by atoms with E-state index >= 15 is 0 Å². The second-order valence-electron chi connectivity index (χ2n) is 5.68. The standard InChI is InChI=1S/C16H24N2S2/c1-12(2)15(18(3)4)10-17-9-14-8-13(11-20-14)16-6-5-7-19-16/h5-8,11-12,15,17H,9-10H2,1-4H3. The van der Waals surface area contributed by atoms with Crippen LogP contribution in [-0.2, 0) is 6.54 Å². The Hall–Kier alpha value is -0.680. The quantitative estimate of drug-likeness (QED) is 0.826.